The van der Waals surface area contributed by atoms with Gasteiger partial charge in [-0.05, 0) is 42.5 Å². The first-order valence-electron chi connectivity index (χ1n) is 9.81. The smallest absolute Gasteiger partial charge is 0.326 e. The molecule has 0 aromatic heterocycles. The molecule has 6 nitrogen and oxygen atoms in total. The molecule has 29 heavy (non-hydrogen) atoms. The number of hydrogen-bond donors (Lipinski definition) is 2. The molecular formula is C23H26N2O4. The van der Waals surface area contributed by atoms with Crippen molar-refractivity contribution >= 4 is 23.5 Å². The summed E-state index contributed by atoms with van der Waals surface area (Å²) in [4.78, 5) is 38.9. The Morgan fingerprint density at radius 1 is 1.07 bits per heavy atom. The molecule has 0 spiro atoms. The largest absolute Gasteiger partial charge is 0.480 e. The maximum atomic E-state index is 12.9. The van der Waals surface area contributed by atoms with Crippen molar-refractivity contribution in [3.05, 3.63) is 65.2 Å². The number of rotatable bonds is 7. The summed E-state index contributed by atoms with van der Waals surface area (Å²) in [6.45, 7) is 6.01. The van der Waals surface area contributed by atoms with Crippen LogP contribution >= 0.6 is 0 Å². The van der Waals surface area contributed by atoms with E-state index >= 15 is 0 Å². The van der Waals surface area contributed by atoms with Crippen LogP contribution in [0.3, 0.4) is 0 Å². The second kappa shape index (κ2) is 8.47. The Bertz CT molecular complexity index is 938. The quantitative estimate of drug-likeness (QED) is 0.752. The van der Waals surface area contributed by atoms with Gasteiger partial charge in [-0.2, -0.15) is 0 Å². The number of amides is 2. The predicted octanol–water partition coefficient (Wildman–Crippen LogP) is 3.57. The lowest BCUT2D eigenvalue weighted by Gasteiger charge is -2.24. The molecule has 2 atom stereocenters. The lowest BCUT2D eigenvalue weighted by molar-refractivity contribution is -0.142. The highest BCUT2D eigenvalue weighted by atomic mass is 16.4. The van der Waals surface area contributed by atoms with Crippen LogP contribution in [0.25, 0.3) is 0 Å². The number of para-hydroxylation sites is 1. The number of nitrogens with one attached hydrogen (secondary N) is 1. The summed E-state index contributed by atoms with van der Waals surface area (Å²) in [5, 5.41) is 12.1. The Balaban J connectivity index is 1.84. The second-order valence-corrected chi connectivity index (χ2v) is 7.86. The molecule has 0 aliphatic carbocycles. The maximum absolute atomic E-state index is 12.9. The van der Waals surface area contributed by atoms with E-state index in [2.05, 4.69) is 5.32 Å². The molecule has 1 heterocycles. The van der Waals surface area contributed by atoms with Crippen molar-refractivity contribution in [2.75, 3.05) is 4.90 Å². The third-order valence-corrected chi connectivity index (χ3v) is 5.23. The van der Waals surface area contributed by atoms with Crippen molar-refractivity contribution in [2.45, 2.75) is 45.7 Å². The van der Waals surface area contributed by atoms with Crippen LogP contribution in [-0.2, 0) is 16.1 Å². The molecule has 6 heteroatoms. The molecule has 2 aromatic rings. The van der Waals surface area contributed by atoms with Crippen molar-refractivity contribution < 1.29 is 19.5 Å². The molecule has 1 aliphatic heterocycles. The molecule has 2 aromatic carbocycles. The van der Waals surface area contributed by atoms with E-state index in [9.17, 15) is 19.5 Å². The van der Waals surface area contributed by atoms with Crippen LogP contribution in [0, 0.1) is 5.92 Å². The number of hydrogen-bond acceptors (Lipinski definition) is 3. The van der Waals surface area contributed by atoms with Gasteiger partial charge in [0.2, 0.25) is 5.91 Å². The van der Waals surface area contributed by atoms with Crippen LogP contribution in [0.5, 0.6) is 0 Å². The minimum absolute atomic E-state index is 0.0936. The van der Waals surface area contributed by atoms with E-state index in [0.717, 1.165) is 5.56 Å². The van der Waals surface area contributed by atoms with Gasteiger partial charge in [0.25, 0.3) is 5.91 Å². The Morgan fingerprint density at radius 2 is 1.72 bits per heavy atom. The van der Waals surface area contributed by atoms with Crippen LogP contribution in [-0.4, -0.2) is 28.9 Å². The van der Waals surface area contributed by atoms with Crippen molar-refractivity contribution in [3.8, 4) is 0 Å². The summed E-state index contributed by atoms with van der Waals surface area (Å²) in [6.07, 6.45) is 0.357. The van der Waals surface area contributed by atoms with Gasteiger partial charge in [-0.25, -0.2) is 4.79 Å². The summed E-state index contributed by atoms with van der Waals surface area (Å²) in [6, 6.07) is 13.8. The molecule has 2 N–H and O–H groups in total. The molecule has 152 valence electrons. The fourth-order valence-corrected chi connectivity index (χ4v) is 3.68. The normalized spacial score (nSPS) is 15.2. The molecule has 0 saturated heterocycles. The van der Waals surface area contributed by atoms with Gasteiger partial charge in [0.05, 0.1) is 12.5 Å². The van der Waals surface area contributed by atoms with Crippen molar-refractivity contribution in [1.29, 1.82) is 0 Å². The number of carboxylic acids is 1. The van der Waals surface area contributed by atoms with E-state index in [1.165, 1.54) is 0 Å². The monoisotopic (exact) mass is 394 g/mol. The minimum Gasteiger partial charge on any atom is -0.480 e. The number of aliphatic carboxylic acids is 1. The lowest BCUT2D eigenvalue weighted by atomic mass is 9.96. The van der Waals surface area contributed by atoms with E-state index in [-0.39, 0.29) is 17.7 Å². The fraction of sp³-hybridized carbons (Fsp3) is 0.348. The molecule has 3 rings (SSSR count). The molecule has 1 unspecified atom stereocenters. The van der Waals surface area contributed by atoms with Crippen LogP contribution < -0.4 is 10.2 Å². The van der Waals surface area contributed by atoms with Gasteiger partial charge in [0, 0.05) is 11.3 Å². The maximum Gasteiger partial charge on any atom is 0.326 e. The molecule has 0 radical (unpaired) electrons. The lowest BCUT2D eigenvalue weighted by Crippen LogP contribution is -2.43. The van der Waals surface area contributed by atoms with E-state index in [1.807, 2.05) is 56.3 Å². The van der Waals surface area contributed by atoms with Crippen molar-refractivity contribution in [2.24, 2.45) is 5.92 Å². The van der Waals surface area contributed by atoms with Gasteiger partial charge in [-0.15, -0.1) is 0 Å². The zero-order chi connectivity index (χ0) is 21.1. The Labute approximate surface area is 170 Å². The first-order valence-corrected chi connectivity index (χ1v) is 9.81. The van der Waals surface area contributed by atoms with Crippen LogP contribution in [0.4, 0.5) is 5.69 Å². The average molecular weight is 394 g/mol. The summed E-state index contributed by atoms with van der Waals surface area (Å²) in [5.41, 5.74) is 2.99. The van der Waals surface area contributed by atoms with E-state index in [0.29, 0.717) is 29.8 Å². The van der Waals surface area contributed by atoms with Gasteiger partial charge < -0.3 is 15.3 Å². The molecule has 1 aliphatic rings. The highest BCUT2D eigenvalue weighted by Crippen LogP contribution is 2.34. The third kappa shape index (κ3) is 4.31. The number of anilines is 1. The van der Waals surface area contributed by atoms with E-state index in [4.69, 9.17) is 0 Å². The van der Waals surface area contributed by atoms with Crippen molar-refractivity contribution in [1.82, 2.24) is 5.32 Å². The first kappa shape index (κ1) is 20.6. The Kier molecular flexibility index (Phi) is 6.01. The SMILES string of the molecule is CC(C)C[C@H](NC(=O)C(C)c1ccccc1N1Cc2ccccc2C1=O)C(=O)O. The Hall–Kier alpha value is -3.15. The highest BCUT2D eigenvalue weighted by molar-refractivity contribution is 6.10. The zero-order valence-corrected chi connectivity index (χ0v) is 16.9. The number of benzene rings is 2. The Morgan fingerprint density at radius 3 is 2.38 bits per heavy atom. The van der Waals surface area contributed by atoms with Crippen LogP contribution in [0.15, 0.2) is 48.5 Å². The number of carbonyl (C=O) groups is 3. The third-order valence-electron chi connectivity index (χ3n) is 5.23. The van der Waals surface area contributed by atoms with Gasteiger partial charge in [-0.3, -0.25) is 9.59 Å². The number of fused-ring (bicyclic) bond motifs is 1. The standard InChI is InChI=1S/C23H26N2O4/c1-14(2)12-19(23(28)29)24-21(26)15(3)17-9-6-7-11-20(17)25-13-16-8-4-5-10-18(16)22(25)27/h4-11,14-15,19H,12-13H2,1-3H3,(H,24,26)(H,28,29)/t15?,19-/m0/s1. The minimum atomic E-state index is -1.04. The first-order chi connectivity index (χ1) is 13.8. The van der Waals surface area contributed by atoms with Crippen molar-refractivity contribution in [3.63, 3.8) is 0 Å². The van der Waals surface area contributed by atoms with Crippen LogP contribution in [0.1, 0.15) is 54.6 Å². The second-order valence-electron chi connectivity index (χ2n) is 7.86. The molecule has 0 bridgehead atoms. The topological polar surface area (TPSA) is 86.7 Å². The molecule has 0 saturated carbocycles. The predicted molar refractivity (Wildman–Crippen MR) is 111 cm³/mol. The average Bonchev–Trinajstić information content (AvgIpc) is 3.03. The van der Waals surface area contributed by atoms with Gasteiger partial charge in [0.15, 0.2) is 0 Å². The summed E-state index contributed by atoms with van der Waals surface area (Å²) >= 11 is 0. The highest BCUT2D eigenvalue weighted by Gasteiger charge is 2.32. The summed E-state index contributed by atoms with van der Waals surface area (Å²) in [5.74, 6) is -1.97. The fourth-order valence-electron chi connectivity index (χ4n) is 3.68. The van der Waals surface area contributed by atoms with Crippen LogP contribution in [0.2, 0.25) is 0 Å². The molecular weight excluding hydrogens is 368 g/mol. The van der Waals surface area contributed by atoms with E-state index < -0.39 is 17.9 Å². The van der Waals surface area contributed by atoms with Gasteiger partial charge in [-0.1, -0.05) is 50.2 Å². The van der Waals surface area contributed by atoms with E-state index in [1.54, 1.807) is 17.9 Å². The number of nitrogens with zero attached hydrogens (tertiary/aromatic N) is 1. The molecule has 2 amide bonds. The zero-order valence-electron chi connectivity index (χ0n) is 16.9. The summed E-state index contributed by atoms with van der Waals surface area (Å²) in [7, 11) is 0. The van der Waals surface area contributed by atoms with Gasteiger partial charge in [0.1, 0.15) is 6.04 Å². The van der Waals surface area contributed by atoms with Gasteiger partial charge >= 0.3 is 5.97 Å². The molecule has 0 fully saturated rings. The summed E-state index contributed by atoms with van der Waals surface area (Å²) < 4.78 is 0. The number of carboxylic acid groups (broad SMARTS) is 1. The number of carbonyl (C=O) groups excluding carboxylic acids is 2.